The molecule has 1 N–H and O–H groups in total. The van der Waals surface area contributed by atoms with Crippen LogP contribution in [0.15, 0.2) is 42.6 Å². The van der Waals surface area contributed by atoms with Crippen molar-refractivity contribution in [3.8, 4) is 0 Å². The van der Waals surface area contributed by atoms with Crippen molar-refractivity contribution in [2.75, 3.05) is 28.8 Å². The Morgan fingerprint density at radius 3 is 2.74 bits per heavy atom. The largest absolute Gasteiger partial charge is 0.355 e. The van der Waals surface area contributed by atoms with E-state index < -0.39 is 9.84 Å². The normalized spacial score (nSPS) is 19.4. The second kappa shape index (κ2) is 6.54. The van der Waals surface area contributed by atoms with Crippen LogP contribution in [-0.4, -0.2) is 43.0 Å². The first-order valence-electron chi connectivity index (χ1n) is 7.57. The fourth-order valence-electron chi connectivity index (χ4n) is 2.66. The zero-order chi connectivity index (χ0) is 16.3. The minimum absolute atomic E-state index is 0.102. The summed E-state index contributed by atoms with van der Waals surface area (Å²) < 4.78 is 23.0. The Morgan fingerprint density at radius 2 is 2.04 bits per heavy atom. The molecule has 1 saturated heterocycles. The molecular weight excluding hydrogens is 312 g/mol. The molecule has 2 heterocycles. The SMILES string of the molecule is CN(Cc1ccccc1)c1ccnc(NC2CCS(=O)(=O)C2)n1. The van der Waals surface area contributed by atoms with Gasteiger partial charge in [-0.2, -0.15) is 4.98 Å². The molecule has 1 atom stereocenters. The Morgan fingerprint density at radius 1 is 1.26 bits per heavy atom. The number of nitrogens with one attached hydrogen (secondary N) is 1. The zero-order valence-electron chi connectivity index (χ0n) is 13.0. The molecule has 3 rings (SSSR count). The Kier molecular flexibility index (Phi) is 4.47. The lowest BCUT2D eigenvalue weighted by atomic mass is 10.2. The number of hydrogen-bond acceptors (Lipinski definition) is 6. The van der Waals surface area contributed by atoms with Crippen molar-refractivity contribution < 1.29 is 8.42 Å². The Labute approximate surface area is 136 Å². The van der Waals surface area contributed by atoms with Crippen LogP contribution in [-0.2, 0) is 16.4 Å². The topological polar surface area (TPSA) is 75.2 Å². The highest BCUT2D eigenvalue weighted by Crippen LogP contribution is 2.18. The highest BCUT2D eigenvalue weighted by Gasteiger charge is 2.28. The van der Waals surface area contributed by atoms with Crippen LogP contribution < -0.4 is 10.2 Å². The Balaban J connectivity index is 1.67. The number of sulfone groups is 1. The first-order valence-corrected chi connectivity index (χ1v) is 9.39. The van der Waals surface area contributed by atoms with Gasteiger partial charge in [-0.25, -0.2) is 13.4 Å². The summed E-state index contributed by atoms with van der Waals surface area (Å²) in [6.07, 6.45) is 2.30. The van der Waals surface area contributed by atoms with E-state index in [1.165, 1.54) is 5.56 Å². The predicted octanol–water partition coefficient (Wildman–Crippen LogP) is 1.71. The molecule has 0 amide bonds. The summed E-state index contributed by atoms with van der Waals surface area (Å²) in [6.45, 7) is 0.745. The predicted molar refractivity (Wildman–Crippen MR) is 91.3 cm³/mol. The van der Waals surface area contributed by atoms with Crippen LogP contribution >= 0.6 is 0 Å². The van der Waals surface area contributed by atoms with Crippen LogP contribution in [0, 0.1) is 0 Å². The number of rotatable bonds is 5. The van der Waals surface area contributed by atoms with Crippen LogP contribution in [0.1, 0.15) is 12.0 Å². The molecule has 0 spiro atoms. The van der Waals surface area contributed by atoms with Crippen molar-refractivity contribution >= 4 is 21.6 Å². The minimum Gasteiger partial charge on any atom is -0.355 e. The zero-order valence-corrected chi connectivity index (χ0v) is 13.8. The van der Waals surface area contributed by atoms with Crippen molar-refractivity contribution in [1.29, 1.82) is 0 Å². The van der Waals surface area contributed by atoms with Crippen LogP contribution in [0.5, 0.6) is 0 Å². The standard InChI is InChI=1S/C16H20N4O2S/c1-20(11-13-5-3-2-4-6-13)15-7-9-17-16(19-15)18-14-8-10-23(21,22)12-14/h2-7,9,14H,8,10-12H2,1H3,(H,17,18,19). The Hall–Kier alpha value is -2.15. The van der Waals surface area contributed by atoms with Crippen molar-refractivity contribution in [3.63, 3.8) is 0 Å². The average molecular weight is 332 g/mol. The third kappa shape index (κ3) is 4.19. The van der Waals surface area contributed by atoms with E-state index in [9.17, 15) is 8.42 Å². The van der Waals surface area contributed by atoms with Crippen molar-refractivity contribution in [1.82, 2.24) is 9.97 Å². The fourth-order valence-corrected chi connectivity index (χ4v) is 4.33. The monoisotopic (exact) mass is 332 g/mol. The number of aromatic nitrogens is 2. The molecule has 122 valence electrons. The van der Waals surface area contributed by atoms with Gasteiger partial charge in [0.25, 0.3) is 0 Å². The second-order valence-corrected chi connectivity index (χ2v) is 8.05. The van der Waals surface area contributed by atoms with E-state index in [2.05, 4.69) is 27.4 Å². The van der Waals surface area contributed by atoms with Gasteiger partial charge in [0.05, 0.1) is 11.5 Å². The molecule has 0 saturated carbocycles. The van der Waals surface area contributed by atoms with Gasteiger partial charge in [0, 0.05) is 25.8 Å². The summed E-state index contributed by atoms with van der Waals surface area (Å²) in [7, 11) is -0.940. The highest BCUT2D eigenvalue weighted by atomic mass is 32.2. The van der Waals surface area contributed by atoms with Gasteiger partial charge in [0.15, 0.2) is 9.84 Å². The Bertz CT molecular complexity index is 765. The molecule has 0 aliphatic carbocycles. The molecule has 0 radical (unpaired) electrons. The molecule has 23 heavy (non-hydrogen) atoms. The lowest BCUT2D eigenvalue weighted by molar-refractivity contribution is 0.602. The smallest absolute Gasteiger partial charge is 0.224 e. The van der Waals surface area contributed by atoms with Gasteiger partial charge in [-0.05, 0) is 18.1 Å². The van der Waals surface area contributed by atoms with Gasteiger partial charge in [-0.3, -0.25) is 0 Å². The van der Waals surface area contributed by atoms with Gasteiger partial charge < -0.3 is 10.2 Å². The molecule has 1 aromatic carbocycles. The van der Waals surface area contributed by atoms with E-state index in [1.54, 1.807) is 6.20 Å². The number of nitrogens with zero attached hydrogens (tertiary/aromatic N) is 3. The lowest BCUT2D eigenvalue weighted by Gasteiger charge is -2.19. The summed E-state index contributed by atoms with van der Waals surface area (Å²) in [4.78, 5) is 10.7. The summed E-state index contributed by atoms with van der Waals surface area (Å²) in [5, 5.41) is 3.13. The maximum atomic E-state index is 11.5. The van der Waals surface area contributed by atoms with E-state index in [0.29, 0.717) is 12.4 Å². The van der Waals surface area contributed by atoms with Crippen LogP contribution in [0.4, 0.5) is 11.8 Å². The van der Waals surface area contributed by atoms with E-state index in [-0.39, 0.29) is 17.5 Å². The number of hydrogen-bond donors (Lipinski definition) is 1. The summed E-state index contributed by atoms with van der Waals surface area (Å²) in [6, 6.07) is 11.9. The fraction of sp³-hybridized carbons (Fsp3) is 0.375. The lowest BCUT2D eigenvalue weighted by Crippen LogP contribution is -2.23. The quantitative estimate of drug-likeness (QED) is 0.898. The summed E-state index contributed by atoms with van der Waals surface area (Å²) in [5.74, 6) is 1.66. The van der Waals surface area contributed by atoms with E-state index in [4.69, 9.17) is 0 Å². The van der Waals surface area contributed by atoms with E-state index in [0.717, 1.165) is 12.4 Å². The van der Waals surface area contributed by atoms with Crippen molar-refractivity contribution in [3.05, 3.63) is 48.2 Å². The molecule has 1 fully saturated rings. The third-order valence-electron chi connectivity index (χ3n) is 3.86. The van der Waals surface area contributed by atoms with Crippen LogP contribution in [0.25, 0.3) is 0 Å². The van der Waals surface area contributed by atoms with Crippen LogP contribution in [0.2, 0.25) is 0 Å². The summed E-state index contributed by atoms with van der Waals surface area (Å²) in [5.41, 5.74) is 1.20. The third-order valence-corrected chi connectivity index (χ3v) is 5.63. The van der Waals surface area contributed by atoms with Gasteiger partial charge in [0.2, 0.25) is 5.95 Å². The highest BCUT2D eigenvalue weighted by molar-refractivity contribution is 7.91. The molecule has 1 aliphatic rings. The first kappa shape index (κ1) is 15.7. The van der Waals surface area contributed by atoms with Crippen LogP contribution in [0.3, 0.4) is 0 Å². The van der Waals surface area contributed by atoms with Gasteiger partial charge in [-0.1, -0.05) is 30.3 Å². The number of anilines is 2. The average Bonchev–Trinajstić information content (AvgIpc) is 2.87. The maximum absolute atomic E-state index is 11.5. The van der Waals surface area contributed by atoms with E-state index in [1.807, 2.05) is 36.2 Å². The molecule has 1 aliphatic heterocycles. The molecular formula is C16H20N4O2S. The van der Waals surface area contributed by atoms with Gasteiger partial charge in [0.1, 0.15) is 5.82 Å². The molecule has 0 bridgehead atoms. The molecule has 6 nitrogen and oxygen atoms in total. The van der Waals surface area contributed by atoms with Crippen molar-refractivity contribution in [2.24, 2.45) is 0 Å². The molecule has 7 heteroatoms. The first-order chi connectivity index (χ1) is 11.0. The molecule has 1 aromatic heterocycles. The maximum Gasteiger partial charge on any atom is 0.224 e. The minimum atomic E-state index is -2.91. The van der Waals surface area contributed by atoms with Gasteiger partial charge in [-0.15, -0.1) is 0 Å². The molecule has 1 unspecified atom stereocenters. The summed E-state index contributed by atoms with van der Waals surface area (Å²) >= 11 is 0. The second-order valence-electron chi connectivity index (χ2n) is 5.82. The number of benzene rings is 1. The van der Waals surface area contributed by atoms with Crippen molar-refractivity contribution in [2.45, 2.75) is 19.0 Å². The molecule has 2 aromatic rings. The van der Waals surface area contributed by atoms with Gasteiger partial charge >= 0.3 is 0 Å². The van der Waals surface area contributed by atoms with E-state index >= 15 is 0 Å².